The molecule has 22 heavy (non-hydrogen) atoms. The molecule has 0 aliphatic carbocycles. The van der Waals surface area contributed by atoms with Crippen molar-refractivity contribution in [1.29, 1.82) is 0 Å². The summed E-state index contributed by atoms with van der Waals surface area (Å²) in [6, 6.07) is 7.36. The lowest BCUT2D eigenvalue weighted by molar-refractivity contribution is -0.118. The zero-order chi connectivity index (χ0) is 15.4. The molecule has 1 amide bonds. The number of amides is 1. The summed E-state index contributed by atoms with van der Waals surface area (Å²) in [5, 5.41) is 6.84. The first kappa shape index (κ1) is 18.6. The Morgan fingerprint density at radius 3 is 2.82 bits per heavy atom. The molecule has 0 aliphatic rings. The van der Waals surface area contributed by atoms with E-state index in [2.05, 4.69) is 31.3 Å². The number of nitrogens with one attached hydrogen (secondary N) is 1. The number of halogens is 2. The van der Waals surface area contributed by atoms with E-state index in [0.717, 1.165) is 10.0 Å². The highest BCUT2D eigenvalue weighted by molar-refractivity contribution is 9.10. The van der Waals surface area contributed by atoms with Crippen molar-refractivity contribution in [3.63, 3.8) is 0 Å². The van der Waals surface area contributed by atoms with Crippen LogP contribution in [0.3, 0.4) is 0 Å². The minimum Gasteiger partial charge on any atom is -0.320 e. The maximum atomic E-state index is 11.8. The van der Waals surface area contributed by atoms with Gasteiger partial charge in [-0.1, -0.05) is 41.9 Å². The molecule has 0 bridgehead atoms. The Kier molecular flexibility index (Phi) is 6.99. The van der Waals surface area contributed by atoms with Gasteiger partial charge in [0.1, 0.15) is 6.33 Å². The van der Waals surface area contributed by atoms with Gasteiger partial charge in [-0.3, -0.25) is 10.1 Å². The predicted octanol–water partition coefficient (Wildman–Crippen LogP) is 2.43. The summed E-state index contributed by atoms with van der Waals surface area (Å²) >= 11 is 3.43. The molecular formula is C14H19BrClN5O. The zero-order valence-electron chi connectivity index (χ0n) is 12.4. The fourth-order valence-corrected chi connectivity index (χ4v) is 2.19. The third-order valence-corrected chi connectivity index (χ3v) is 3.52. The molecule has 0 radical (unpaired) electrons. The van der Waals surface area contributed by atoms with Crippen molar-refractivity contribution in [1.82, 2.24) is 14.8 Å². The van der Waals surface area contributed by atoms with Crippen LogP contribution >= 0.6 is 28.3 Å². The standard InChI is InChI=1S/C14H18BrN5O.ClH/c1-9(2)12(16)13(21)18-14-17-8-20(19-14)7-10-4-3-5-11(15)6-10;/h3-6,8-9,12H,7,16H2,1-2H3,(H,18,19,21);1H/t12-;/m0./s1. The molecule has 0 aliphatic heterocycles. The first-order valence-corrected chi connectivity index (χ1v) is 7.45. The van der Waals surface area contributed by atoms with Gasteiger partial charge < -0.3 is 5.73 Å². The smallest absolute Gasteiger partial charge is 0.248 e. The second-order valence-corrected chi connectivity index (χ2v) is 6.07. The summed E-state index contributed by atoms with van der Waals surface area (Å²) in [5.74, 6) is 0.0602. The van der Waals surface area contributed by atoms with Crippen molar-refractivity contribution < 1.29 is 4.79 Å². The zero-order valence-corrected chi connectivity index (χ0v) is 14.8. The van der Waals surface area contributed by atoms with Gasteiger partial charge in [-0.15, -0.1) is 17.5 Å². The number of aromatic nitrogens is 3. The van der Waals surface area contributed by atoms with E-state index >= 15 is 0 Å². The van der Waals surface area contributed by atoms with Gasteiger partial charge in [0.2, 0.25) is 11.9 Å². The van der Waals surface area contributed by atoms with Gasteiger partial charge in [0, 0.05) is 4.47 Å². The van der Waals surface area contributed by atoms with Crippen LogP contribution in [0.2, 0.25) is 0 Å². The Morgan fingerprint density at radius 2 is 2.18 bits per heavy atom. The maximum Gasteiger partial charge on any atom is 0.248 e. The molecule has 0 saturated carbocycles. The first-order valence-electron chi connectivity index (χ1n) is 6.66. The van der Waals surface area contributed by atoms with Crippen molar-refractivity contribution in [2.24, 2.45) is 11.7 Å². The van der Waals surface area contributed by atoms with Crippen LogP contribution in [0.4, 0.5) is 5.95 Å². The van der Waals surface area contributed by atoms with E-state index < -0.39 is 6.04 Å². The van der Waals surface area contributed by atoms with Crippen LogP contribution in [0.1, 0.15) is 19.4 Å². The minimum atomic E-state index is -0.568. The summed E-state index contributed by atoms with van der Waals surface area (Å²) in [6.07, 6.45) is 1.58. The molecule has 2 rings (SSSR count). The Labute approximate surface area is 144 Å². The lowest BCUT2D eigenvalue weighted by Gasteiger charge is -2.13. The van der Waals surface area contributed by atoms with Crippen molar-refractivity contribution in [2.45, 2.75) is 26.4 Å². The third-order valence-electron chi connectivity index (χ3n) is 3.03. The monoisotopic (exact) mass is 387 g/mol. The molecule has 0 spiro atoms. The molecule has 6 nitrogen and oxygen atoms in total. The van der Waals surface area contributed by atoms with E-state index in [4.69, 9.17) is 5.73 Å². The van der Waals surface area contributed by atoms with E-state index in [0.29, 0.717) is 6.54 Å². The number of carbonyl (C=O) groups excluding carboxylic acids is 1. The van der Waals surface area contributed by atoms with Gasteiger partial charge >= 0.3 is 0 Å². The topological polar surface area (TPSA) is 85.8 Å². The van der Waals surface area contributed by atoms with E-state index in [9.17, 15) is 4.79 Å². The number of carbonyl (C=O) groups is 1. The summed E-state index contributed by atoms with van der Waals surface area (Å²) in [6.45, 7) is 4.37. The average Bonchev–Trinajstić information content (AvgIpc) is 2.84. The number of rotatable bonds is 5. The molecule has 8 heteroatoms. The van der Waals surface area contributed by atoms with Crippen molar-refractivity contribution >= 4 is 40.2 Å². The molecule has 0 saturated heterocycles. The van der Waals surface area contributed by atoms with E-state index in [1.165, 1.54) is 0 Å². The molecule has 0 fully saturated rings. The number of nitrogens with zero attached hydrogens (tertiary/aromatic N) is 3. The fraction of sp³-hybridized carbons (Fsp3) is 0.357. The van der Waals surface area contributed by atoms with Gasteiger partial charge in [0.15, 0.2) is 0 Å². The average molecular weight is 389 g/mol. The SMILES string of the molecule is CC(C)[C@H](N)C(=O)Nc1ncn(Cc2cccc(Br)c2)n1.Cl. The van der Waals surface area contributed by atoms with Crippen LogP contribution in [0.15, 0.2) is 35.1 Å². The lowest BCUT2D eigenvalue weighted by atomic mass is 10.1. The van der Waals surface area contributed by atoms with Gasteiger partial charge in [-0.2, -0.15) is 0 Å². The van der Waals surface area contributed by atoms with Crippen LogP contribution in [0, 0.1) is 5.92 Å². The molecule has 1 aromatic heterocycles. The Hall–Kier alpha value is -1.44. The molecule has 120 valence electrons. The van der Waals surface area contributed by atoms with Crippen molar-refractivity contribution in [3.05, 3.63) is 40.6 Å². The lowest BCUT2D eigenvalue weighted by Crippen LogP contribution is -2.40. The molecular weight excluding hydrogens is 370 g/mol. The number of benzene rings is 1. The van der Waals surface area contributed by atoms with Gasteiger partial charge in [0.25, 0.3) is 0 Å². The van der Waals surface area contributed by atoms with Gasteiger partial charge in [0.05, 0.1) is 12.6 Å². The van der Waals surface area contributed by atoms with E-state index in [1.54, 1.807) is 11.0 Å². The van der Waals surface area contributed by atoms with Crippen molar-refractivity contribution in [2.75, 3.05) is 5.32 Å². The molecule has 1 aromatic carbocycles. The van der Waals surface area contributed by atoms with Crippen LogP contribution in [0.25, 0.3) is 0 Å². The van der Waals surface area contributed by atoms with Crippen LogP contribution < -0.4 is 11.1 Å². The first-order chi connectivity index (χ1) is 9.95. The maximum absolute atomic E-state index is 11.8. The molecule has 2 aromatic rings. The quantitative estimate of drug-likeness (QED) is 0.823. The van der Waals surface area contributed by atoms with E-state index in [-0.39, 0.29) is 30.2 Å². The highest BCUT2D eigenvalue weighted by Gasteiger charge is 2.18. The van der Waals surface area contributed by atoms with Crippen LogP contribution in [0.5, 0.6) is 0 Å². The number of hydrogen-bond acceptors (Lipinski definition) is 4. The number of hydrogen-bond donors (Lipinski definition) is 2. The predicted molar refractivity (Wildman–Crippen MR) is 92.0 cm³/mol. The molecule has 1 heterocycles. The Morgan fingerprint density at radius 1 is 1.45 bits per heavy atom. The van der Waals surface area contributed by atoms with Crippen LogP contribution in [-0.4, -0.2) is 26.7 Å². The Balaban J connectivity index is 0.00000242. The highest BCUT2D eigenvalue weighted by Crippen LogP contribution is 2.12. The second-order valence-electron chi connectivity index (χ2n) is 5.15. The van der Waals surface area contributed by atoms with Crippen molar-refractivity contribution in [3.8, 4) is 0 Å². The number of nitrogens with two attached hydrogens (primary N) is 1. The third kappa shape index (κ3) is 5.08. The minimum absolute atomic E-state index is 0. The highest BCUT2D eigenvalue weighted by atomic mass is 79.9. The summed E-state index contributed by atoms with van der Waals surface area (Å²) in [4.78, 5) is 15.9. The largest absolute Gasteiger partial charge is 0.320 e. The van der Waals surface area contributed by atoms with Crippen LogP contribution in [-0.2, 0) is 11.3 Å². The normalized spacial score (nSPS) is 11.9. The summed E-state index contributed by atoms with van der Waals surface area (Å²) < 4.78 is 2.68. The summed E-state index contributed by atoms with van der Waals surface area (Å²) in [7, 11) is 0. The fourth-order valence-electron chi connectivity index (χ4n) is 1.75. The second kappa shape index (κ2) is 8.26. The molecule has 3 N–H and O–H groups in total. The molecule has 0 unspecified atom stereocenters. The van der Waals surface area contributed by atoms with Gasteiger partial charge in [-0.25, -0.2) is 9.67 Å². The summed E-state index contributed by atoms with van der Waals surface area (Å²) in [5.41, 5.74) is 6.86. The Bertz CT molecular complexity index is 631. The van der Waals surface area contributed by atoms with Gasteiger partial charge in [-0.05, 0) is 23.6 Å². The number of anilines is 1. The molecule has 1 atom stereocenters. The van der Waals surface area contributed by atoms with E-state index in [1.807, 2.05) is 38.1 Å².